The van der Waals surface area contributed by atoms with E-state index in [1.807, 2.05) is 0 Å². The van der Waals surface area contributed by atoms with Gasteiger partial charge in [-0.15, -0.1) is 12.3 Å². The van der Waals surface area contributed by atoms with Gasteiger partial charge in [0.05, 0.1) is 12.7 Å². The molecule has 4 heteroatoms. The van der Waals surface area contributed by atoms with Crippen LogP contribution in [0.2, 0.25) is 0 Å². The third-order valence-corrected chi connectivity index (χ3v) is 1.56. The standard InChI is InChI=1S/C10H10N2O2/c1-2-3-6-12-8-9(7-11-12)4-5-10(13)14/h1,4-5,7-8H,3,6H2,(H,13,14)/b5-4+. The minimum Gasteiger partial charge on any atom is -0.478 e. The lowest BCUT2D eigenvalue weighted by Gasteiger charge is -1.93. The summed E-state index contributed by atoms with van der Waals surface area (Å²) in [6, 6.07) is 0. The van der Waals surface area contributed by atoms with Gasteiger partial charge in [-0.05, 0) is 6.08 Å². The van der Waals surface area contributed by atoms with E-state index in [0.29, 0.717) is 13.0 Å². The number of rotatable bonds is 4. The molecule has 0 radical (unpaired) electrons. The van der Waals surface area contributed by atoms with Crippen LogP contribution >= 0.6 is 0 Å². The molecule has 0 aliphatic heterocycles. The molecule has 1 aromatic rings. The van der Waals surface area contributed by atoms with Crippen molar-refractivity contribution in [3.63, 3.8) is 0 Å². The molecule has 0 aliphatic carbocycles. The van der Waals surface area contributed by atoms with E-state index in [4.69, 9.17) is 11.5 Å². The van der Waals surface area contributed by atoms with Crippen molar-refractivity contribution in [1.29, 1.82) is 0 Å². The highest BCUT2D eigenvalue weighted by atomic mass is 16.4. The molecular weight excluding hydrogens is 180 g/mol. The van der Waals surface area contributed by atoms with Crippen molar-refractivity contribution < 1.29 is 9.90 Å². The Labute approximate surface area is 81.9 Å². The van der Waals surface area contributed by atoms with E-state index < -0.39 is 5.97 Å². The molecule has 0 saturated heterocycles. The van der Waals surface area contributed by atoms with Crippen molar-refractivity contribution in [2.24, 2.45) is 0 Å². The molecule has 14 heavy (non-hydrogen) atoms. The first-order valence-electron chi connectivity index (χ1n) is 4.09. The van der Waals surface area contributed by atoms with Gasteiger partial charge in [-0.25, -0.2) is 4.79 Å². The molecule has 4 nitrogen and oxygen atoms in total. The lowest BCUT2D eigenvalue weighted by molar-refractivity contribution is -0.131. The average Bonchev–Trinajstić information content (AvgIpc) is 2.59. The first-order chi connectivity index (χ1) is 6.72. The minimum absolute atomic E-state index is 0.615. The predicted molar refractivity (Wildman–Crippen MR) is 52.3 cm³/mol. The maximum absolute atomic E-state index is 10.2. The lowest BCUT2D eigenvalue weighted by Crippen LogP contribution is -1.96. The Bertz CT molecular complexity index is 385. The number of carboxylic acid groups (broad SMARTS) is 1. The molecule has 0 aliphatic rings. The predicted octanol–water partition coefficient (Wildman–Crippen LogP) is 1.00. The third kappa shape index (κ3) is 3.15. The first kappa shape index (κ1) is 10.1. The van der Waals surface area contributed by atoms with E-state index in [2.05, 4.69) is 11.0 Å². The van der Waals surface area contributed by atoms with Gasteiger partial charge in [0.1, 0.15) is 0 Å². The number of hydrogen-bond donors (Lipinski definition) is 1. The molecule has 1 aromatic heterocycles. The Hall–Kier alpha value is -2.02. The van der Waals surface area contributed by atoms with Gasteiger partial charge in [-0.2, -0.15) is 5.10 Å². The molecular formula is C10H10N2O2. The van der Waals surface area contributed by atoms with Crippen LogP contribution in [0.3, 0.4) is 0 Å². The zero-order chi connectivity index (χ0) is 10.4. The van der Waals surface area contributed by atoms with Gasteiger partial charge in [0, 0.05) is 24.3 Å². The fraction of sp³-hybridized carbons (Fsp3) is 0.200. The summed E-state index contributed by atoms with van der Waals surface area (Å²) >= 11 is 0. The molecule has 0 bridgehead atoms. The van der Waals surface area contributed by atoms with E-state index in [-0.39, 0.29) is 0 Å². The summed E-state index contributed by atoms with van der Waals surface area (Å²) in [5.41, 5.74) is 0.754. The van der Waals surface area contributed by atoms with E-state index >= 15 is 0 Å². The molecule has 0 atom stereocenters. The highest BCUT2D eigenvalue weighted by molar-refractivity contribution is 5.85. The van der Waals surface area contributed by atoms with E-state index in [1.165, 1.54) is 6.08 Å². The molecule has 0 spiro atoms. The largest absolute Gasteiger partial charge is 0.478 e. The Balaban J connectivity index is 2.60. The fourth-order valence-electron chi connectivity index (χ4n) is 0.935. The molecule has 72 valence electrons. The monoisotopic (exact) mass is 190 g/mol. The normalized spacial score (nSPS) is 10.2. The summed E-state index contributed by atoms with van der Waals surface area (Å²) < 4.78 is 1.68. The lowest BCUT2D eigenvalue weighted by atomic mass is 10.3. The fourth-order valence-corrected chi connectivity index (χ4v) is 0.935. The van der Waals surface area contributed by atoms with Gasteiger partial charge in [-0.1, -0.05) is 0 Å². The minimum atomic E-state index is -0.971. The van der Waals surface area contributed by atoms with Gasteiger partial charge in [-0.3, -0.25) is 4.68 Å². The van der Waals surface area contributed by atoms with Crippen LogP contribution in [0.15, 0.2) is 18.5 Å². The van der Waals surface area contributed by atoms with Crippen LogP contribution in [-0.4, -0.2) is 20.9 Å². The average molecular weight is 190 g/mol. The van der Waals surface area contributed by atoms with E-state index in [0.717, 1.165) is 11.6 Å². The molecule has 0 saturated carbocycles. The summed E-state index contributed by atoms with van der Waals surface area (Å²) in [6.07, 6.45) is 11.6. The maximum Gasteiger partial charge on any atom is 0.328 e. The van der Waals surface area contributed by atoms with E-state index in [9.17, 15) is 4.79 Å². The van der Waals surface area contributed by atoms with Crippen LogP contribution in [0.5, 0.6) is 0 Å². The van der Waals surface area contributed by atoms with Crippen molar-refractivity contribution in [1.82, 2.24) is 9.78 Å². The van der Waals surface area contributed by atoms with E-state index in [1.54, 1.807) is 17.1 Å². The van der Waals surface area contributed by atoms with Gasteiger partial charge in [0.2, 0.25) is 0 Å². The molecule has 0 aromatic carbocycles. The number of hydrogen-bond acceptors (Lipinski definition) is 2. The Morgan fingerprint density at radius 1 is 1.79 bits per heavy atom. The van der Waals surface area contributed by atoms with Crippen LogP contribution < -0.4 is 0 Å². The number of nitrogens with zero attached hydrogens (tertiary/aromatic N) is 2. The first-order valence-corrected chi connectivity index (χ1v) is 4.09. The van der Waals surface area contributed by atoms with Gasteiger partial charge >= 0.3 is 5.97 Å². The molecule has 1 rings (SSSR count). The number of aryl methyl sites for hydroxylation is 1. The van der Waals surface area contributed by atoms with Crippen LogP contribution in [0, 0.1) is 12.3 Å². The second kappa shape index (κ2) is 4.87. The summed E-state index contributed by atoms with van der Waals surface area (Å²) in [4.78, 5) is 10.2. The maximum atomic E-state index is 10.2. The van der Waals surface area contributed by atoms with Crippen LogP contribution in [-0.2, 0) is 11.3 Å². The number of terminal acetylenes is 1. The number of aliphatic carboxylic acids is 1. The third-order valence-electron chi connectivity index (χ3n) is 1.56. The topological polar surface area (TPSA) is 55.1 Å². The molecule has 1 N–H and O–H groups in total. The SMILES string of the molecule is C#CCCn1cc(/C=C/C(=O)O)cn1. The summed E-state index contributed by atoms with van der Waals surface area (Å²) in [7, 11) is 0. The highest BCUT2D eigenvalue weighted by Crippen LogP contribution is 2.00. The van der Waals surface area contributed by atoms with Crippen LogP contribution in [0.25, 0.3) is 6.08 Å². The van der Waals surface area contributed by atoms with Crippen molar-refractivity contribution in [2.45, 2.75) is 13.0 Å². The smallest absolute Gasteiger partial charge is 0.328 e. The van der Waals surface area contributed by atoms with Crippen molar-refractivity contribution >= 4 is 12.0 Å². The zero-order valence-electron chi connectivity index (χ0n) is 7.55. The van der Waals surface area contributed by atoms with Crippen LogP contribution in [0.1, 0.15) is 12.0 Å². The zero-order valence-corrected chi connectivity index (χ0v) is 7.55. The Morgan fingerprint density at radius 2 is 2.57 bits per heavy atom. The number of carbonyl (C=O) groups is 1. The molecule has 0 unspecified atom stereocenters. The highest BCUT2D eigenvalue weighted by Gasteiger charge is 1.94. The van der Waals surface area contributed by atoms with Crippen molar-refractivity contribution in [3.05, 3.63) is 24.0 Å². The number of carboxylic acids is 1. The summed E-state index contributed by atoms with van der Waals surface area (Å²) in [5.74, 6) is 1.53. The van der Waals surface area contributed by atoms with Crippen LogP contribution in [0.4, 0.5) is 0 Å². The molecule has 0 fully saturated rings. The second-order valence-corrected chi connectivity index (χ2v) is 2.66. The Kier molecular flexibility index (Phi) is 3.50. The second-order valence-electron chi connectivity index (χ2n) is 2.66. The van der Waals surface area contributed by atoms with Gasteiger partial charge in [0.25, 0.3) is 0 Å². The quantitative estimate of drug-likeness (QED) is 0.569. The number of aromatic nitrogens is 2. The van der Waals surface area contributed by atoms with Crippen molar-refractivity contribution in [2.75, 3.05) is 0 Å². The summed E-state index contributed by atoms with van der Waals surface area (Å²) in [5, 5.41) is 12.4. The molecule has 0 amide bonds. The Morgan fingerprint density at radius 3 is 3.21 bits per heavy atom. The summed E-state index contributed by atoms with van der Waals surface area (Å²) in [6.45, 7) is 0.650. The molecule has 1 heterocycles. The van der Waals surface area contributed by atoms with Gasteiger partial charge in [0.15, 0.2) is 0 Å². The van der Waals surface area contributed by atoms with Gasteiger partial charge < -0.3 is 5.11 Å². The van der Waals surface area contributed by atoms with Crippen molar-refractivity contribution in [3.8, 4) is 12.3 Å².